The fraction of sp³-hybridized carbons (Fsp3) is 0.615. The topological polar surface area (TPSA) is 163 Å². The van der Waals surface area contributed by atoms with E-state index in [-0.39, 0.29) is 30.7 Å². The predicted octanol–water partition coefficient (Wildman–Crippen LogP) is 0.695. The maximum absolute atomic E-state index is 13.4. The normalized spacial score (nSPS) is 17.7. The number of aliphatic carboxylic acids is 1. The highest BCUT2D eigenvalue weighted by molar-refractivity contribution is 5.94. The van der Waals surface area contributed by atoms with Crippen molar-refractivity contribution in [3.8, 4) is 0 Å². The number of carboxylic acid groups (broad SMARTS) is 1. The van der Waals surface area contributed by atoms with E-state index in [1.807, 2.05) is 44.2 Å². The highest BCUT2D eigenvalue weighted by Crippen LogP contribution is 2.10. The molecule has 2 rings (SSSR count). The second kappa shape index (κ2) is 15.2. The van der Waals surface area contributed by atoms with Crippen LogP contribution < -0.4 is 27.0 Å². The zero-order valence-corrected chi connectivity index (χ0v) is 21.3. The van der Waals surface area contributed by atoms with E-state index in [4.69, 9.17) is 5.73 Å². The Morgan fingerprint density at radius 3 is 2.25 bits per heavy atom. The van der Waals surface area contributed by atoms with Crippen molar-refractivity contribution < 1.29 is 24.3 Å². The van der Waals surface area contributed by atoms with E-state index in [2.05, 4.69) is 21.3 Å². The van der Waals surface area contributed by atoms with Crippen molar-refractivity contribution in [2.75, 3.05) is 13.1 Å². The van der Waals surface area contributed by atoms with Crippen molar-refractivity contribution in [2.24, 2.45) is 11.7 Å². The minimum absolute atomic E-state index is 0.0614. The van der Waals surface area contributed by atoms with Crippen LogP contribution in [0.1, 0.15) is 57.9 Å². The van der Waals surface area contributed by atoms with Gasteiger partial charge in [-0.3, -0.25) is 14.4 Å². The summed E-state index contributed by atoms with van der Waals surface area (Å²) in [6, 6.07) is 6.07. The molecule has 7 N–H and O–H groups in total. The maximum Gasteiger partial charge on any atom is 0.326 e. The van der Waals surface area contributed by atoms with Crippen LogP contribution in [-0.4, -0.2) is 66.1 Å². The Labute approximate surface area is 213 Å². The summed E-state index contributed by atoms with van der Waals surface area (Å²) in [7, 11) is 0. The number of nitrogens with one attached hydrogen (secondary N) is 4. The molecule has 0 aromatic heterocycles. The Kier molecular flexibility index (Phi) is 12.4. The van der Waals surface area contributed by atoms with E-state index in [0.29, 0.717) is 32.2 Å². The summed E-state index contributed by atoms with van der Waals surface area (Å²) in [6.45, 7) is 4.93. The lowest BCUT2D eigenvalue weighted by atomic mass is 10.0. The SMILES string of the molecule is CC(C)CC(NC(=O)C(CCCCN)NC(=O)C(Cc1ccccc1)NC(=O)C1CCCN1)C(=O)O. The van der Waals surface area contributed by atoms with Gasteiger partial charge in [0.05, 0.1) is 6.04 Å². The molecule has 4 unspecified atom stereocenters. The van der Waals surface area contributed by atoms with Gasteiger partial charge in [0.25, 0.3) is 0 Å². The van der Waals surface area contributed by atoms with Crippen LogP contribution >= 0.6 is 0 Å². The van der Waals surface area contributed by atoms with Crippen molar-refractivity contribution in [1.29, 1.82) is 0 Å². The molecule has 0 bridgehead atoms. The predicted molar refractivity (Wildman–Crippen MR) is 137 cm³/mol. The molecule has 1 aromatic carbocycles. The van der Waals surface area contributed by atoms with Gasteiger partial charge in [0.15, 0.2) is 0 Å². The number of hydrogen-bond acceptors (Lipinski definition) is 6. The van der Waals surface area contributed by atoms with Gasteiger partial charge in [-0.25, -0.2) is 4.79 Å². The van der Waals surface area contributed by atoms with Crippen molar-refractivity contribution in [3.63, 3.8) is 0 Å². The molecule has 1 aliphatic heterocycles. The van der Waals surface area contributed by atoms with Gasteiger partial charge in [-0.15, -0.1) is 0 Å². The number of benzene rings is 1. The Morgan fingerprint density at radius 1 is 1.00 bits per heavy atom. The molecule has 1 aliphatic rings. The van der Waals surface area contributed by atoms with Crippen molar-refractivity contribution in [2.45, 2.75) is 83.0 Å². The number of carboxylic acids is 1. The van der Waals surface area contributed by atoms with Crippen LogP contribution in [0.15, 0.2) is 30.3 Å². The van der Waals surface area contributed by atoms with Gasteiger partial charge >= 0.3 is 5.97 Å². The van der Waals surface area contributed by atoms with Crippen molar-refractivity contribution >= 4 is 23.7 Å². The third-order valence-corrected chi connectivity index (χ3v) is 6.19. The highest BCUT2D eigenvalue weighted by Gasteiger charge is 2.31. The zero-order chi connectivity index (χ0) is 26.5. The molecule has 3 amide bonds. The molecule has 1 saturated heterocycles. The number of hydrogen-bond donors (Lipinski definition) is 6. The first-order valence-electron chi connectivity index (χ1n) is 12.8. The highest BCUT2D eigenvalue weighted by atomic mass is 16.4. The van der Waals surface area contributed by atoms with Gasteiger partial charge in [-0.05, 0) is 63.1 Å². The van der Waals surface area contributed by atoms with Gasteiger partial charge in [-0.1, -0.05) is 44.2 Å². The van der Waals surface area contributed by atoms with Gasteiger partial charge in [0, 0.05) is 6.42 Å². The Bertz CT molecular complexity index is 858. The Balaban J connectivity index is 2.17. The third kappa shape index (κ3) is 9.94. The Hall–Kier alpha value is -2.98. The number of amides is 3. The molecule has 36 heavy (non-hydrogen) atoms. The molecule has 4 atom stereocenters. The summed E-state index contributed by atoms with van der Waals surface area (Å²) in [5.41, 5.74) is 6.46. The minimum atomic E-state index is -1.12. The first-order valence-corrected chi connectivity index (χ1v) is 12.8. The van der Waals surface area contributed by atoms with Crippen molar-refractivity contribution in [3.05, 3.63) is 35.9 Å². The summed E-state index contributed by atoms with van der Waals surface area (Å²) in [5, 5.41) is 20.8. The lowest BCUT2D eigenvalue weighted by molar-refractivity contribution is -0.142. The van der Waals surface area contributed by atoms with Crippen LogP contribution in [-0.2, 0) is 25.6 Å². The van der Waals surface area contributed by atoms with E-state index in [0.717, 1.165) is 18.5 Å². The van der Waals surface area contributed by atoms with Crippen LogP contribution in [0, 0.1) is 5.92 Å². The van der Waals surface area contributed by atoms with Gasteiger partial charge < -0.3 is 32.1 Å². The molecule has 0 saturated carbocycles. The summed E-state index contributed by atoms with van der Waals surface area (Å²) in [5.74, 6) is -2.37. The number of rotatable bonds is 15. The Morgan fingerprint density at radius 2 is 1.67 bits per heavy atom. The third-order valence-electron chi connectivity index (χ3n) is 6.19. The second-order valence-corrected chi connectivity index (χ2v) is 9.77. The van der Waals surface area contributed by atoms with E-state index in [1.165, 1.54) is 0 Å². The average Bonchev–Trinajstić information content (AvgIpc) is 3.38. The van der Waals surface area contributed by atoms with E-state index in [1.54, 1.807) is 0 Å². The number of unbranched alkanes of at least 4 members (excludes halogenated alkanes) is 1. The quantitative estimate of drug-likeness (QED) is 0.192. The van der Waals surface area contributed by atoms with E-state index < -0.39 is 35.9 Å². The summed E-state index contributed by atoms with van der Waals surface area (Å²) >= 11 is 0. The molecular weight excluding hydrogens is 462 g/mol. The van der Waals surface area contributed by atoms with Crippen molar-refractivity contribution in [1.82, 2.24) is 21.3 Å². The molecule has 10 nitrogen and oxygen atoms in total. The zero-order valence-electron chi connectivity index (χ0n) is 21.3. The lowest BCUT2D eigenvalue weighted by Crippen LogP contribution is -2.57. The fourth-order valence-corrected chi connectivity index (χ4v) is 4.24. The summed E-state index contributed by atoms with van der Waals surface area (Å²) in [6.07, 6.45) is 3.65. The monoisotopic (exact) mass is 503 g/mol. The molecular formula is C26H41N5O5. The molecule has 0 radical (unpaired) electrons. The molecule has 10 heteroatoms. The number of carbonyl (C=O) groups is 4. The lowest BCUT2D eigenvalue weighted by Gasteiger charge is -2.26. The molecule has 200 valence electrons. The number of carbonyl (C=O) groups excluding carboxylic acids is 3. The van der Waals surface area contributed by atoms with Gasteiger partial charge in [0.1, 0.15) is 18.1 Å². The summed E-state index contributed by atoms with van der Waals surface area (Å²) < 4.78 is 0. The maximum atomic E-state index is 13.4. The molecule has 1 heterocycles. The molecule has 1 fully saturated rings. The van der Waals surface area contributed by atoms with Crippen LogP contribution in [0.2, 0.25) is 0 Å². The molecule has 0 aliphatic carbocycles. The molecule has 0 spiro atoms. The van der Waals surface area contributed by atoms with Crippen LogP contribution in [0.4, 0.5) is 0 Å². The average molecular weight is 504 g/mol. The number of nitrogens with two attached hydrogens (primary N) is 1. The van der Waals surface area contributed by atoms with Crippen LogP contribution in [0.3, 0.4) is 0 Å². The van der Waals surface area contributed by atoms with E-state index in [9.17, 15) is 24.3 Å². The first-order chi connectivity index (χ1) is 17.2. The van der Waals surface area contributed by atoms with Crippen LogP contribution in [0.25, 0.3) is 0 Å². The second-order valence-electron chi connectivity index (χ2n) is 9.77. The van der Waals surface area contributed by atoms with E-state index >= 15 is 0 Å². The van der Waals surface area contributed by atoms with Gasteiger partial charge in [0.2, 0.25) is 17.7 Å². The van der Waals surface area contributed by atoms with Gasteiger partial charge in [-0.2, -0.15) is 0 Å². The minimum Gasteiger partial charge on any atom is -0.480 e. The first kappa shape index (κ1) is 29.3. The molecule has 1 aromatic rings. The summed E-state index contributed by atoms with van der Waals surface area (Å²) in [4.78, 5) is 50.9. The largest absolute Gasteiger partial charge is 0.480 e. The smallest absolute Gasteiger partial charge is 0.326 e. The van der Waals surface area contributed by atoms with Crippen LogP contribution in [0.5, 0.6) is 0 Å². The standard InChI is InChI=1S/C26H41N5O5/c1-17(2)15-22(26(35)36)31-24(33)20(11-6-7-13-27)29-25(34)21(16-18-9-4-3-5-10-18)30-23(32)19-12-8-14-28-19/h3-5,9-10,17,19-22,28H,6-8,11-16,27H2,1-2H3,(H,29,34)(H,30,32)(H,31,33)(H,35,36). The fourth-order valence-electron chi connectivity index (χ4n) is 4.24.